The number of amides is 1. The molecule has 1 amide bonds. The maximum atomic E-state index is 12.3. The standard InChI is InChI=1S/C16H24N2O2/c1-16(9-5-2-6-10-16)11-17-15(19)14-12-7-3-4-8-13(12)20-18-14/h2-11H2,1H3,(H,17,19). The number of nitrogens with one attached hydrogen (secondary N) is 1. The Kier molecular flexibility index (Phi) is 3.81. The van der Waals surface area contributed by atoms with Crippen molar-refractivity contribution in [1.29, 1.82) is 0 Å². The molecule has 0 radical (unpaired) electrons. The Balaban J connectivity index is 1.63. The Morgan fingerprint density at radius 1 is 1.20 bits per heavy atom. The van der Waals surface area contributed by atoms with E-state index in [9.17, 15) is 4.79 Å². The highest BCUT2D eigenvalue weighted by Gasteiger charge is 2.29. The van der Waals surface area contributed by atoms with Gasteiger partial charge in [0.2, 0.25) is 0 Å². The van der Waals surface area contributed by atoms with E-state index in [1.807, 2.05) is 0 Å². The molecule has 0 aromatic carbocycles. The molecule has 1 fully saturated rings. The van der Waals surface area contributed by atoms with E-state index >= 15 is 0 Å². The van der Waals surface area contributed by atoms with Crippen molar-refractivity contribution < 1.29 is 9.32 Å². The summed E-state index contributed by atoms with van der Waals surface area (Å²) in [5, 5.41) is 7.08. The van der Waals surface area contributed by atoms with Gasteiger partial charge >= 0.3 is 0 Å². The van der Waals surface area contributed by atoms with Crippen molar-refractivity contribution >= 4 is 5.91 Å². The highest BCUT2D eigenvalue weighted by molar-refractivity contribution is 5.93. The Hall–Kier alpha value is -1.32. The van der Waals surface area contributed by atoms with E-state index in [0.29, 0.717) is 5.69 Å². The minimum atomic E-state index is -0.0521. The number of aromatic nitrogens is 1. The quantitative estimate of drug-likeness (QED) is 0.922. The number of rotatable bonds is 3. The SMILES string of the molecule is CC1(CNC(=O)c2noc3c2CCCC3)CCCCC1. The molecule has 4 nitrogen and oxygen atoms in total. The van der Waals surface area contributed by atoms with E-state index < -0.39 is 0 Å². The van der Waals surface area contributed by atoms with Gasteiger partial charge in [-0.2, -0.15) is 0 Å². The van der Waals surface area contributed by atoms with Crippen molar-refractivity contribution in [2.45, 2.75) is 64.7 Å². The average Bonchev–Trinajstić information content (AvgIpc) is 2.90. The zero-order valence-corrected chi connectivity index (χ0v) is 12.3. The summed E-state index contributed by atoms with van der Waals surface area (Å²) in [5.41, 5.74) is 1.83. The molecule has 0 spiro atoms. The van der Waals surface area contributed by atoms with Crippen molar-refractivity contribution in [2.24, 2.45) is 5.41 Å². The second-order valence-corrected chi connectivity index (χ2v) is 6.69. The molecule has 3 rings (SSSR count). The van der Waals surface area contributed by atoms with E-state index in [0.717, 1.165) is 43.6 Å². The van der Waals surface area contributed by atoms with Crippen LogP contribution in [-0.2, 0) is 12.8 Å². The van der Waals surface area contributed by atoms with Gasteiger partial charge < -0.3 is 9.84 Å². The fourth-order valence-corrected chi connectivity index (χ4v) is 3.52. The van der Waals surface area contributed by atoms with Crippen molar-refractivity contribution in [2.75, 3.05) is 6.54 Å². The summed E-state index contributed by atoms with van der Waals surface area (Å²) in [6.45, 7) is 3.04. The predicted octanol–water partition coefficient (Wildman–Crippen LogP) is 3.25. The van der Waals surface area contributed by atoms with Gasteiger partial charge in [-0.3, -0.25) is 4.79 Å². The van der Waals surface area contributed by atoms with Crippen LogP contribution in [0.5, 0.6) is 0 Å². The first-order chi connectivity index (χ1) is 9.68. The van der Waals surface area contributed by atoms with Crippen LogP contribution in [0.2, 0.25) is 0 Å². The summed E-state index contributed by atoms with van der Waals surface area (Å²) in [7, 11) is 0. The summed E-state index contributed by atoms with van der Waals surface area (Å²) in [6, 6.07) is 0. The molecule has 20 heavy (non-hydrogen) atoms. The van der Waals surface area contributed by atoms with Crippen molar-refractivity contribution in [1.82, 2.24) is 10.5 Å². The molecule has 0 aliphatic heterocycles. The van der Waals surface area contributed by atoms with Gasteiger partial charge in [0.1, 0.15) is 5.76 Å². The molecule has 1 saturated carbocycles. The number of aryl methyl sites for hydroxylation is 1. The number of hydrogen-bond acceptors (Lipinski definition) is 3. The van der Waals surface area contributed by atoms with Gasteiger partial charge in [-0.25, -0.2) is 0 Å². The fourth-order valence-electron chi connectivity index (χ4n) is 3.52. The number of carbonyl (C=O) groups excluding carboxylic acids is 1. The molecule has 0 saturated heterocycles. The van der Waals surface area contributed by atoms with Gasteiger partial charge in [0, 0.05) is 18.5 Å². The summed E-state index contributed by atoms with van der Waals surface area (Å²) in [4.78, 5) is 12.3. The van der Waals surface area contributed by atoms with Crippen molar-refractivity contribution in [3.8, 4) is 0 Å². The lowest BCUT2D eigenvalue weighted by atomic mass is 9.76. The number of carbonyl (C=O) groups is 1. The van der Waals surface area contributed by atoms with Crippen molar-refractivity contribution in [3.05, 3.63) is 17.0 Å². The normalized spacial score (nSPS) is 21.2. The van der Waals surface area contributed by atoms with Crippen LogP contribution >= 0.6 is 0 Å². The second kappa shape index (κ2) is 5.58. The molecule has 0 unspecified atom stereocenters. The van der Waals surface area contributed by atoms with Crippen LogP contribution in [0.15, 0.2) is 4.52 Å². The monoisotopic (exact) mass is 276 g/mol. The van der Waals surface area contributed by atoms with Gasteiger partial charge in [0.15, 0.2) is 5.69 Å². The highest BCUT2D eigenvalue weighted by Crippen LogP contribution is 2.35. The molecule has 1 aromatic heterocycles. The lowest BCUT2D eigenvalue weighted by Crippen LogP contribution is -2.37. The van der Waals surface area contributed by atoms with E-state index in [2.05, 4.69) is 17.4 Å². The van der Waals surface area contributed by atoms with Gasteiger partial charge in [0.05, 0.1) is 0 Å². The largest absolute Gasteiger partial charge is 0.360 e. The van der Waals surface area contributed by atoms with Crippen LogP contribution in [0, 0.1) is 5.41 Å². The predicted molar refractivity (Wildman–Crippen MR) is 76.7 cm³/mol. The molecule has 0 bridgehead atoms. The molecule has 1 N–H and O–H groups in total. The van der Waals surface area contributed by atoms with Crippen LogP contribution in [0.3, 0.4) is 0 Å². The molecular formula is C16H24N2O2. The van der Waals surface area contributed by atoms with E-state index in [1.165, 1.54) is 32.1 Å². The maximum absolute atomic E-state index is 12.3. The lowest BCUT2D eigenvalue weighted by Gasteiger charge is -2.33. The van der Waals surface area contributed by atoms with Crippen molar-refractivity contribution in [3.63, 3.8) is 0 Å². The van der Waals surface area contributed by atoms with Gasteiger partial charge in [0.25, 0.3) is 5.91 Å². The van der Waals surface area contributed by atoms with E-state index in [4.69, 9.17) is 4.52 Å². The maximum Gasteiger partial charge on any atom is 0.273 e. The van der Waals surface area contributed by atoms with Crippen LogP contribution in [0.4, 0.5) is 0 Å². The summed E-state index contributed by atoms with van der Waals surface area (Å²) in [5.74, 6) is 0.869. The first-order valence-corrected chi connectivity index (χ1v) is 7.94. The Morgan fingerprint density at radius 3 is 2.75 bits per heavy atom. The molecule has 1 heterocycles. The Labute approximate surface area is 120 Å². The zero-order valence-electron chi connectivity index (χ0n) is 12.3. The number of nitrogens with zero attached hydrogens (tertiary/aromatic N) is 1. The van der Waals surface area contributed by atoms with E-state index in [-0.39, 0.29) is 11.3 Å². The molecule has 2 aliphatic rings. The highest BCUT2D eigenvalue weighted by atomic mass is 16.5. The third-order valence-corrected chi connectivity index (χ3v) is 4.90. The molecule has 0 atom stereocenters. The van der Waals surface area contributed by atoms with Crippen LogP contribution in [-0.4, -0.2) is 17.6 Å². The molecule has 1 aromatic rings. The second-order valence-electron chi connectivity index (χ2n) is 6.69. The summed E-state index contributed by atoms with van der Waals surface area (Å²) < 4.78 is 5.31. The molecular weight excluding hydrogens is 252 g/mol. The van der Waals surface area contributed by atoms with Crippen LogP contribution in [0.1, 0.15) is 73.7 Å². The first-order valence-electron chi connectivity index (χ1n) is 7.94. The van der Waals surface area contributed by atoms with Crippen LogP contribution < -0.4 is 5.32 Å². The molecule has 4 heteroatoms. The van der Waals surface area contributed by atoms with Gasteiger partial charge in [-0.15, -0.1) is 0 Å². The summed E-state index contributed by atoms with van der Waals surface area (Å²) >= 11 is 0. The minimum absolute atomic E-state index is 0.0521. The number of fused-ring (bicyclic) bond motifs is 1. The fraction of sp³-hybridized carbons (Fsp3) is 0.750. The minimum Gasteiger partial charge on any atom is -0.360 e. The van der Waals surface area contributed by atoms with Gasteiger partial charge in [-0.05, 0) is 37.5 Å². The lowest BCUT2D eigenvalue weighted by molar-refractivity contribution is 0.0909. The first kappa shape index (κ1) is 13.7. The summed E-state index contributed by atoms with van der Waals surface area (Å²) in [6.07, 6.45) is 10.5. The van der Waals surface area contributed by atoms with Crippen LogP contribution in [0.25, 0.3) is 0 Å². The molecule has 110 valence electrons. The Morgan fingerprint density at radius 2 is 1.95 bits per heavy atom. The van der Waals surface area contributed by atoms with Gasteiger partial charge in [-0.1, -0.05) is 31.3 Å². The van der Waals surface area contributed by atoms with E-state index in [1.54, 1.807) is 0 Å². The number of hydrogen-bond donors (Lipinski definition) is 1. The third-order valence-electron chi connectivity index (χ3n) is 4.90. The zero-order chi connectivity index (χ0) is 14.0. The average molecular weight is 276 g/mol. The Bertz CT molecular complexity index is 487. The third kappa shape index (κ3) is 2.74. The smallest absolute Gasteiger partial charge is 0.273 e. The molecule has 2 aliphatic carbocycles. The topological polar surface area (TPSA) is 55.1 Å².